The predicted octanol–water partition coefficient (Wildman–Crippen LogP) is 10.2. The Morgan fingerprint density at radius 3 is 1.73 bits per heavy atom. The average molecular weight is 525 g/mol. The molecule has 0 spiro atoms. The van der Waals surface area contributed by atoms with E-state index in [9.17, 15) is 0 Å². The van der Waals surface area contributed by atoms with Gasteiger partial charge in [0.1, 0.15) is 11.2 Å². The first kappa shape index (κ1) is 23.4. The van der Waals surface area contributed by atoms with E-state index in [0.717, 1.165) is 61.1 Å². The zero-order valence-electron chi connectivity index (χ0n) is 22.2. The van der Waals surface area contributed by atoms with Crippen LogP contribution in [0, 0.1) is 0 Å². The average Bonchev–Trinajstić information content (AvgIpc) is 3.41. The maximum atomic E-state index is 6.35. The summed E-state index contributed by atoms with van der Waals surface area (Å²) in [6.45, 7) is 0. The number of furan rings is 1. The predicted molar refractivity (Wildman–Crippen MR) is 169 cm³/mol. The summed E-state index contributed by atoms with van der Waals surface area (Å²) >= 11 is 0. The fourth-order valence-corrected chi connectivity index (χ4v) is 5.57. The first-order chi connectivity index (χ1) is 20.3. The smallest absolute Gasteiger partial charge is 0.160 e. The van der Waals surface area contributed by atoms with Gasteiger partial charge in [0, 0.05) is 27.5 Å². The van der Waals surface area contributed by atoms with Crippen molar-refractivity contribution in [3.63, 3.8) is 0 Å². The van der Waals surface area contributed by atoms with Gasteiger partial charge in [-0.2, -0.15) is 0 Å². The maximum Gasteiger partial charge on any atom is 0.160 e. The summed E-state index contributed by atoms with van der Waals surface area (Å²) in [6, 6.07) is 50.3. The lowest BCUT2D eigenvalue weighted by Gasteiger charge is -2.10. The molecule has 0 aliphatic rings. The molecule has 0 fully saturated rings. The van der Waals surface area contributed by atoms with Crippen LogP contribution < -0.4 is 0 Å². The van der Waals surface area contributed by atoms with Crippen LogP contribution in [0.5, 0.6) is 0 Å². The lowest BCUT2D eigenvalue weighted by molar-refractivity contribution is 0.669. The molecule has 0 saturated heterocycles. The third-order valence-corrected chi connectivity index (χ3v) is 7.66. The Morgan fingerprint density at radius 2 is 0.951 bits per heavy atom. The Hall–Kier alpha value is -5.54. The fraction of sp³-hybridized carbons (Fsp3) is 0. The molecule has 3 heteroatoms. The highest BCUT2D eigenvalue weighted by Gasteiger charge is 2.13. The molecule has 0 aliphatic carbocycles. The number of fused-ring (bicyclic) bond motifs is 4. The first-order valence-corrected chi connectivity index (χ1v) is 13.7. The van der Waals surface area contributed by atoms with E-state index < -0.39 is 0 Å². The second-order valence-corrected chi connectivity index (χ2v) is 10.3. The van der Waals surface area contributed by atoms with E-state index in [4.69, 9.17) is 14.4 Å². The molecular weight excluding hydrogens is 500 g/mol. The zero-order valence-corrected chi connectivity index (χ0v) is 22.2. The van der Waals surface area contributed by atoms with Crippen LogP contribution in [-0.2, 0) is 0 Å². The number of rotatable bonds is 4. The fourth-order valence-electron chi connectivity index (χ4n) is 5.57. The lowest BCUT2D eigenvalue weighted by atomic mass is 9.99. The van der Waals surface area contributed by atoms with Crippen LogP contribution in [-0.4, -0.2) is 9.97 Å². The van der Waals surface area contributed by atoms with Gasteiger partial charge in [0.15, 0.2) is 5.82 Å². The molecule has 41 heavy (non-hydrogen) atoms. The van der Waals surface area contributed by atoms with Crippen LogP contribution in [0.4, 0.5) is 0 Å². The number of benzene rings is 6. The number of hydrogen-bond acceptors (Lipinski definition) is 3. The Bertz CT molecular complexity index is 2140. The summed E-state index contributed by atoms with van der Waals surface area (Å²) in [5, 5.41) is 4.67. The van der Waals surface area contributed by atoms with Crippen molar-refractivity contribution >= 4 is 32.7 Å². The molecule has 8 rings (SSSR count). The van der Waals surface area contributed by atoms with Crippen molar-refractivity contribution in [3.05, 3.63) is 146 Å². The number of aromatic nitrogens is 2. The van der Waals surface area contributed by atoms with Gasteiger partial charge in [0.25, 0.3) is 0 Å². The Morgan fingerprint density at radius 1 is 0.366 bits per heavy atom. The van der Waals surface area contributed by atoms with Crippen LogP contribution in [0.1, 0.15) is 0 Å². The van der Waals surface area contributed by atoms with E-state index in [0.29, 0.717) is 5.82 Å². The standard InChI is InChI=1S/C38H24N2O/c1-3-10-25(11-4-1)34-24-35(40-38(39-34)26-12-5-2-6-13-26)31-17-9-16-27(20-31)30-18-19-32-33-21-28-14-7-8-15-29(28)22-37(33)41-36(32)23-30/h1-24H. The normalized spacial score (nSPS) is 11.4. The van der Waals surface area contributed by atoms with Crippen molar-refractivity contribution in [2.24, 2.45) is 0 Å². The monoisotopic (exact) mass is 524 g/mol. The summed E-state index contributed by atoms with van der Waals surface area (Å²) in [5.41, 5.74) is 8.88. The SMILES string of the molecule is c1ccc(-c2cc(-c3cccc(-c4ccc5c(c4)oc4cc6ccccc6cc45)c3)nc(-c3ccccc3)n2)cc1. The molecule has 0 N–H and O–H groups in total. The minimum atomic E-state index is 0.712. The molecule has 0 aliphatic heterocycles. The van der Waals surface area contributed by atoms with Crippen molar-refractivity contribution in [2.75, 3.05) is 0 Å². The number of hydrogen-bond donors (Lipinski definition) is 0. The highest BCUT2D eigenvalue weighted by Crippen LogP contribution is 2.36. The summed E-state index contributed by atoms with van der Waals surface area (Å²) in [7, 11) is 0. The van der Waals surface area contributed by atoms with Gasteiger partial charge in [0.05, 0.1) is 11.4 Å². The Kier molecular flexibility index (Phi) is 5.46. The van der Waals surface area contributed by atoms with Gasteiger partial charge in [-0.3, -0.25) is 0 Å². The third kappa shape index (κ3) is 4.25. The summed E-state index contributed by atoms with van der Waals surface area (Å²) in [6.07, 6.45) is 0. The van der Waals surface area contributed by atoms with E-state index >= 15 is 0 Å². The molecule has 0 bridgehead atoms. The molecule has 2 aromatic heterocycles. The summed E-state index contributed by atoms with van der Waals surface area (Å²) in [4.78, 5) is 9.94. The molecule has 3 nitrogen and oxygen atoms in total. The minimum absolute atomic E-state index is 0.712. The second kappa shape index (κ2) is 9.58. The molecular formula is C38H24N2O. The topological polar surface area (TPSA) is 38.9 Å². The molecule has 0 unspecified atom stereocenters. The third-order valence-electron chi connectivity index (χ3n) is 7.66. The zero-order chi connectivity index (χ0) is 27.2. The van der Waals surface area contributed by atoms with Crippen LogP contribution >= 0.6 is 0 Å². The quantitative estimate of drug-likeness (QED) is 0.230. The van der Waals surface area contributed by atoms with Gasteiger partial charge in [-0.25, -0.2) is 9.97 Å². The van der Waals surface area contributed by atoms with Gasteiger partial charge in [0.2, 0.25) is 0 Å². The Labute approximate surface area is 237 Å². The van der Waals surface area contributed by atoms with Crippen molar-refractivity contribution in [1.82, 2.24) is 9.97 Å². The highest BCUT2D eigenvalue weighted by atomic mass is 16.3. The van der Waals surface area contributed by atoms with Crippen LogP contribution in [0.25, 0.3) is 77.7 Å². The molecule has 192 valence electrons. The lowest BCUT2D eigenvalue weighted by Crippen LogP contribution is -1.96. The molecule has 0 radical (unpaired) electrons. The van der Waals surface area contributed by atoms with E-state index in [2.05, 4.69) is 109 Å². The first-order valence-electron chi connectivity index (χ1n) is 13.7. The molecule has 0 atom stereocenters. The summed E-state index contributed by atoms with van der Waals surface area (Å²) < 4.78 is 6.35. The molecule has 0 amide bonds. The van der Waals surface area contributed by atoms with Crippen molar-refractivity contribution in [2.45, 2.75) is 0 Å². The molecule has 6 aromatic carbocycles. The summed E-state index contributed by atoms with van der Waals surface area (Å²) in [5.74, 6) is 0.712. The van der Waals surface area contributed by atoms with Crippen LogP contribution in [0.3, 0.4) is 0 Å². The van der Waals surface area contributed by atoms with Crippen molar-refractivity contribution in [3.8, 4) is 45.0 Å². The molecule has 8 aromatic rings. The van der Waals surface area contributed by atoms with Gasteiger partial charge >= 0.3 is 0 Å². The van der Waals surface area contributed by atoms with E-state index in [1.165, 1.54) is 10.8 Å². The van der Waals surface area contributed by atoms with Gasteiger partial charge in [-0.05, 0) is 58.3 Å². The largest absolute Gasteiger partial charge is 0.456 e. The van der Waals surface area contributed by atoms with E-state index in [1.54, 1.807) is 0 Å². The highest BCUT2D eigenvalue weighted by molar-refractivity contribution is 6.10. The van der Waals surface area contributed by atoms with Gasteiger partial charge < -0.3 is 4.42 Å². The van der Waals surface area contributed by atoms with Gasteiger partial charge in [-0.15, -0.1) is 0 Å². The van der Waals surface area contributed by atoms with Gasteiger partial charge in [-0.1, -0.05) is 109 Å². The minimum Gasteiger partial charge on any atom is -0.456 e. The number of nitrogens with zero attached hydrogens (tertiary/aromatic N) is 2. The Balaban J connectivity index is 1.24. The molecule has 0 saturated carbocycles. The van der Waals surface area contributed by atoms with Crippen molar-refractivity contribution in [1.29, 1.82) is 0 Å². The van der Waals surface area contributed by atoms with Crippen LogP contribution in [0.2, 0.25) is 0 Å². The molecule has 2 heterocycles. The van der Waals surface area contributed by atoms with Crippen molar-refractivity contribution < 1.29 is 4.42 Å². The van der Waals surface area contributed by atoms with E-state index in [-0.39, 0.29) is 0 Å². The second-order valence-electron chi connectivity index (χ2n) is 10.3. The maximum absolute atomic E-state index is 6.35. The van der Waals surface area contributed by atoms with E-state index in [1.807, 2.05) is 36.4 Å². The van der Waals surface area contributed by atoms with Crippen LogP contribution in [0.15, 0.2) is 150 Å².